The molecule has 6 nitrogen and oxygen atoms in total. The highest BCUT2D eigenvalue weighted by molar-refractivity contribution is 6.07. The molecule has 0 aliphatic heterocycles. The van der Waals surface area contributed by atoms with E-state index < -0.39 is 0 Å². The van der Waals surface area contributed by atoms with Crippen molar-refractivity contribution in [1.29, 1.82) is 0 Å². The Morgan fingerprint density at radius 1 is 0.893 bits per heavy atom. The van der Waals surface area contributed by atoms with Crippen LogP contribution in [0.5, 0.6) is 11.5 Å². The lowest BCUT2D eigenvalue weighted by molar-refractivity contribution is 0.102. The normalized spacial score (nSPS) is 10.8. The highest BCUT2D eigenvalue weighted by atomic mass is 16.5. The SMILES string of the molecule is COc1ccccc1C(=O)Nc1ccc2c(=O)c3cccc(OC)c3oc2c1. The van der Waals surface area contributed by atoms with Gasteiger partial charge in [-0.15, -0.1) is 0 Å². The van der Waals surface area contributed by atoms with E-state index in [1.807, 2.05) is 0 Å². The molecule has 0 saturated carbocycles. The number of ether oxygens (including phenoxy) is 2. The summed E-state index contributed by atoms with van der Waals surface area (Å²) in [7, 11) is 3.03. The number of hydrogen-bond acceptors (Lipinski definition) is 5. The van der Waals surface area contributed by atoms with Crippen molar-refractivity contribution in [3.05, 3.63) is 76.5 Å². The minimum absolute atomic E-state index is 0.155. The maximum absolute atomic E-state index is 12.8. The summed E-state index contributed by atoms with van der Waals surface area (Å²) in [6.07, 6.45) is 0. The van der Waals surface area contributed by atoms with Gasteiger partial charge in [0.05, 0.1) is 30.6 Å². The van der Waals surface area contributed by atoms with Crippen molar-refractivity contribution in [1.82, 2.24) is 0 Å². The quantitative estimate of drug-likeness (QED) is 0.541. The Kier molecular flexibility index (Phi) is 4.45. The van der Waals surface area contributed by atoms with Crippen molar-refractivity contribution in [3.8, 4) is 11.5 Å². The zero-order valence-corrected chi connectivity index (χ0v) is 15.3. The summed E-state index contributed by atoms with van der Waals surface area (Å²) in [6, 6.07) is 17.0. The van der Waals surface area contributed by atoms with Gasteiger partial charge in [0.1, 0.15) is 11.3 Å². The van der Waals surface area contributed by atoms with Crippen molar-refractivity contribution in [2.75, 3.05) is 19.5 Å². The number of fused-ring (bicyclic) bond motifs is 2. The van der Waals surface area contributed by atoms with Crippen molar-refractivity contribution in [3.63, 3.8) is 0 Å². The lowest BCUT2D eigenvalue weighted by Crippen LogP contribution is -2.13. The van der Waals surface area contributed by atoms with Crippen LogP contribution in [0.1, 0.15) is 10.4 Å². The van der Waals surface area contributed by atoms with E-state index in [1.54, 1.807) is 60.7 Å². The molecule has 28 heavy (non-hydrogen) atoms. The molecule has 0 aliphatic carbocycles. The number of nitrogens with one attached hydrogen (secondary N) is 1. The highest BCUT2D eigenvalue weighted by Crippen LogP contribution is 2.28. The van der Waals surface area contributed by atoms with Crippen molar-refractivity contribution < 1.29 is 18.7 Å². The third kappa shape index (κ3) is 2.95. The first-order valence-corrected chi connectivity index (χ1v) is 8.60. The van der Waals surface area contributed by atoms with E-state index in [9.17, 15) is 9.59 Å². The molecular weight excluding hydrogens is 358 g/mol. The summed E-state index contributed by atoms with van der Waals surface area (Å²) in [6.45, 7) is 0. The van der Waals surface area contributed by atoms with Crippen molar-refractivity contribution >= 4 is 33.5 Å². The zero-order valence-electron chi connectivity index (χ0n) is 15.3. The maximum Gasteiger partial charge on any atom is 0.259 e. The number of hydrogen-bond donors (Lipinski definition) is 1. The Labute approximate surface area is 160 Å². The van der Waals surface area contributed by atoms with Gasteiger partial charge in [-0.3, -0.25) is 9.59 Å². The first-order valence-electron chi connectivity index (χ1n) is 8.60. The highest BCUT2D eigenvalue weighted by Gasteiger charge is 2.14. The molecule has 0 fully saturated rings. The summed E-state index contributed by atoms with van der Waals surface area (Å²) < 4.78 is 16.4. The van der Waals surface area contributed by atoms with Gasteiger partial charge in [0.25, 0.3) is 5.91 Å². The second kappa shape index (κ2) is 7.08. The van der Waals surface area contributed by atoms with E-state index in [0.29, 0.717) is 44.7 Å². The number of anilines is 1. The summed E-state index contributed by atoms with van der Waals surface area (Å²) in [5.41, 5.74) is 1.49. The number of rotatable bonds is 4. The topological polar surface area (TPSA) is 77.8 Å². The smallest absolute Gasteiger partial charge is 0.259 e. The minimum Gasteiger partial charge on any atom is -0.496 e. The fraction of sp³-hybridized carbons (Fsp3) is 0.0909. The van der Waals surface area contributed by atoms with Crippen LogP contribution in [0.15, 0.2) is 69.9 Å². The lowest BCUT2D eigenvalue weighted by Gasteiger charge is -2.10. The largest absolute Gasteiger partial charge is 0.496 e. The maximum atomic E-state index is 12.8. The summed E-state index contributed by atoms with van der Waals surface area (Å²) in [4.78, 5) is 25.4. The van der Waals surface area contributed by atoms with Crippen LogP contribution in [0, 0.1) is 0 Å². The van der Waals surface area contributed by atoms with E-state index >= 15 is 0 Å². The first-order chi connectivity index (χ1) is 13.6. The van der Waals surface area contributed by atoms with Gasteiger partial charge in [-0.2, -0.15) is 0 Å². The second-order valence-corrected chi connectivity index (χ2v) is 6.13. The molecule has 0 unspecified atom stereocenters. The molecule has 1 amide bonds. The number of amides is 1. The van der Waals surface area contributed by atoms with Gasteiger partial charge >= 0.3 is 0 Å². The molecule has 4 aromatic rings. The Morgan fingerprint density at radius 3 is 2.43 bits per heavy atom. The molecule has 3 aromatic carbocycles. The van der Waals surface area contributed by atoms with Gasteiger partial charge in [-0.25, -0.2) is 0 Å². The predicted octanol–water partition coefficient (Wildman–Crippen LogP) is 4.22. The van der Waals surface area contributed by atoms with Crippen LogP contribution in [0.2, 0.25) is 0 Å². The number of methoxy groups -OCH3 is 2. The molecule has 0 atom stereocenters. The van der Waals surface area contributed by atoms with Crippen LogP contribution in [-0.4, -0.2) is 20.1 Å². The molecule has 1 heterocycles. The molecule has 0 radical (unpaired) electrons. The molecule has 140 valence electrons. The van der Waals surface area contributed by atoms with Crippen molar-refractivity contribution in [2.24, 2.45) is 0 Å². The molecule has 0 bridgehead atoms. The van der Waals surface area contributed by atoms with E-state index in [2.05, 4.69) is 5.32 Å². The number of benzene rings is 3. The van der Waals surface area contributed by atoms with Crippen LogP contribution >= 0.6 is 0 Å². The van der Waals surface area contributed by atoms with E-state index in [1.165, 1.54) is 14.2 Å². The van der Waals surface area contributed by atoms with Crippen LogP contribution < -0.4 is 20.2 Å². The number of carbonyl (C=O) groups is 1. The third-order valence-corrected chi connectivity index (χ3v) is 4.49. The molecule has 1 N–H and O–H groups in total. The molecular formula is C22H17NO5. The molecule has 1 aromatic heterocycles. The predicted molar refractivity (Wildman–Crippen MR) is 107 cm³/mol. The first kappa shape index (κ1) is 17.6. The van der Waals surface area contributed by atoms with E-state index in [-0.39, 0.29) is 11.3 Å². The van der Waals surface area contributed by atoms with Crippen LogP contribution in [0.3, 0.4) is 0 Å². The average molecular weight is 375 g/mol. The molecule has 6 heteroatoms. The fourth-order valence-electron chi connectivity index (χ4n) is 3.12. The van der Waals surface area contributed by atoms with Gasteiger partial charge in [-0.1, -0.05) is 18.2 Å². The second-order valence-electron chi connectivity index (χ2n) is 6.13. The summed E-state index contributed by atoms with van der Waals surface area (Å²) >= 11 is 0. The third-order valence-electron chi connectivity index (χ3n) is 4.49. The van der Waals surface area contributed by atoms with Gasteiger partial charge in [-0.05, 0) is 36.4 Å². The molecule has 0 saturated heterocycles. The van der Waals surface area contributed by atoms with Crippen LogP contribution in [0.4, 0.5) is 5.69 Å². The zero-order chi connectivity index (χ0) is 19.7. The Morgan fingerprint density at radius 2 is 1.64 bits per heavy atom. The van der Waals surface area contributed by atoms with E-state index in [0.717, 1.165) is 0 Å². The van der Waals surface area contributed by atoms with E-state index in [4.69, 9.17) is 13.9 Å². The molecule has 0 aliphatic rings. The Bertz CT molecular complexity index is 1260. The van der Waals surface area contributed by atoms with Gasteiger partial charge in [0.15, 0.2) is 11.3 Å². The Balaban J connectivity index is 1.78. The standard InChI is InChI=1S/C22H17NO5/c1-26-17-8-4-3-6-15(17)22(25)23-13-10-11-14-19(12-13)28-21-16(20(14)24)7-5-9-18(21)27-2/h3-12H,1-2H3,(H,23,25). The molecule has 0 spiro atoms. The molecule has 4 rings (SSSR count). The monoisotopic (exact) mass is 375 g/mol. The number of carbonyl (C=O) groups excluding carboxylic acids is 1. The summed E-state index contributed by atoms with van der Waals surface area (Å²) in [5, 5.41) is 3.68. The average Bonchev–Trinajstić information content (AvgIpc) is 2.73. The number of para-hydroxylation sites is 2. The fourth-order valence-corrected chi connectivity index (χ4v) is 3.12. The minimum atomic E-state index is -0.322. The van der Waals surface area contributed by atoms with Gasteiger partial charge < -0.3 is 19.2 Å². The van der Waals surface area contributed by atoms with Gasteiger partial charge in [0.2, 0.25) is 5.43 Å². The Hall–Kier alpha value is -3.80. The summed E-state index contributed by atoms with van der Waals surface area (Å²) in [5.74, 6) is 0.625. The van der Waals surface area contributed by atoms with Crippen molar-refractivity contribution in [2.45, 2.75) is 0 Å². The van der Waals surface area contributed by atoms with Gasteiger partial charge in [0, 0.05) is 11.8 Å². The lowest BCUT2D eigenvalue weighted by atomic mass is 10.1. The van der Waals surface area contributed by atoms with Crippen LogP contribution in [-0.2, 0) is 0 Å². The van der Waals surface area contributed by atoms with Crippen LogP contribution in [0.25, 0.3) is 21.9 Å².